The first kappa shape index (κ1) is 14.4. The van der Waals surface area contributed by atoms with Crippen molar-refractivity contribution in [2.24, 2.45) is 11.7 Å². The summed E-state index contributed by atoms with van der Waals surface area (Å²) >= 11 is 0. The van der Waals surface area contributed by atoms with E-state index in [0.29, 0.717) is 17.9 Å². The lowest BCUT2D eigenvalue weighted by Gasteiger charge is -2.37. The summed E-state index contributed by atoms with van der Waals surface area (Å²) in [5.74, 6) is 2.04. The summed E-state index contributed by atoms with van der Waals surface area (Å²) < 4.78 is 5.36. The van der Waals surface area contributed by atoms with E-state index in [0.717, 1.165) is 25.3 Å². The van der Waals surface area contributed by atoms with Crippen LogP contribution in [0.4, 0.5) is 0 Å². The van der Waals surface area contributed by atoms with Crippen LogP contribution >= 0.6 is 0 Å². The third kappa shape index (κ3) is 2.93. The van der Waals surface area contributed by atoms with Gasteiger partial charge in [-0.15, -0.1) is 0 Å². The Kier molecular flexibility index (Phi) is 4.48. The maximum atomic E-state index is 5.97. The van der Waals surface area contributed by atoms with Gasteiger partial charge in [0.25, 0.3) is 0 Å². The molecule has 19 heavy (non-hydrogen) atoms. The SMILES string of the molecule is COc1cc(C)c(C2CC(C)NCC2CN)c(C)c1. The van der Waals surface area contributed by atoms with Gasteiger partial charge in [-0.2, -0.15) is 0 Å². The number of ether oxygens (including phenoxy) is 1. The molecule has 0 spiro atoms. The average Bonchev–Trinajstić information content (AvgIpc) is 2.38. The van der Waals surface area contributed by atoms with Crippen molar-refractivity contribution in [3.8, 4) is 5.75 Å². The van der Waals surface area contributed by atoms with Gasteiger partial charge in [0.15, 0.2) is 0 Å². The standard InChI is InChI=1S/C16H26N2O/c1-10-5-14(19-4)6-11(2)16(10)15-7-12(3)18-9-13(15)8-17/h5-6,12-13,15,18H,7-9,17H2,1-4H3. The van der Waals surface area contributed by atoms with Crippen LogP contribution in [0.3, 0.4) is 0 Å². The van der Waals surface area contributed by atoms with Gasteiger partial charge in [0.05, 0.1) is 7.11 Å². The Hall–Kier alpha value is -1.06. The van der Waals surface area contributed by atoms with Crippen molar-refractivity contribution in [1.82, 2.24) is 5.32 Å². The van der Waals surface area contributed by atoms with E-state index >= 15 is 0 Å². The van der Waals surface area contributed by atoms with Crippen LogP contribution in [0.2, 0.25) is 0 Å². The van der Waals surface area contributed by atoms with Gasteiger partial charge >= 0.3 is 0 Å². The second-order valence-electron chi connectivity index (χ2n) is 5.82. The topological polar surface area (TPSA) is 47.3 Å². The van der Waals surface area contributed by atoms with Crippen molar-refractivity contribution >= 4 is 0 Å². The molecule has 3 heteroatoms. The fourth-order valence-corrected chi connectivity index (χ4v) is 3.39. The second kappa shape index (κ2) is 5.93. The number of nitrogens with one attached hydrogen (secondary N) is 1. The molecule has 3 atom stereocenters. The smallest absolute Gasteiger partial charge is 0.119 e. The molecule has 3 N–H and O–H groups in total. The third-order valence-electron chi connectivity index (χ3n) is 4.38. The molecule has 0 aliphatic carbocycles. The molecule has 0 amide bonds. The van der Waals surface area contributed by atoms with E-state index < -0.39 is 0 Å². The van der Waals surface area contributed by atoms with E-state index in [1.165, 1.54) is 16.7 Å². The fraction of sp³-hybridized carbons (Fsp3) is 0.625. The van der Waals surface area contributed by atoms with Crippen LogP contribution in [0.5, 0.6) is 5.75 Å². The number of piperidine rings is 1. The molecule has 3 unspecified atom stereocenters. The van der Waals surface area contributed by atoms with Crippen molar-refractivity contribution in [2.75, 3.05) is 20.2 Å². The number of aryl methyl sites for hydroxylation is 2. The number of hydrogen-bond acceptors (Lipinski definition) is 3. The molecule has 0 radical (unpaired) electrons. The lowest BCUT2D eigenvalue weighted by Crippen LogP contribution is -2.44. The van der Waals surface area contributed by atoms with Gasteiger partial charge in [-0.05, 0) is 80.9 Å². The zero-order chi connectivity index (χ0) is 14.0. The predicted molar refractivity (Wildman–Crippen MR) is 79.8 cm³/mol. The van der Waals surface area contributed by atoms with Crippen LogP contribution in [0.25, 0.3) is 0 Å². The minimum absolute atomic E-state index is 0.530. The molecule has 1 aromatic rings. The van der Waals surface area contributed by atoms with Gasteiger partial charge in [-0.1, -0.05) is 0 Å². The summed E-state index contributed by atoms with van der Waals surface area (Å²) in [6, 6.07) is 4.85. The fourth-order valence-electron chi connectivity index (χ4n) is 3.39. The van der Waals surface area contributed by atoms with Gasteiger partial charge < -0.3 is 15.8 Å². The average molecular weight is 262 g/mol. The molecule has 2 rings (SSSR count). The van der Waals surface area contributed by atoms with Crippen molar-refractivity contribution in [2.45, 2.75) is 39.2 Å². The highest BCUT2D eigenvalue weighted by Gasteiger charge is 2.30. The van der Waals surface area contributed by atoms with E-state index in [9.17, 15) is 0 Å². The molecule has 1 saturated heterocycles. The van der Waals surface area contributed by atoms with Crippen LogP contribution < -0.4 is 15.8 Å². The van der Waals surface area contributed by atoms with E-state index in [-0.39, 0.29) is 0 Å². The number of rotatable bonds is 3. The summed E-state index contributed by atoms with van der Waals surface area (Å²) in [7, 11) is 1.73. The van der Waals surface area contributed by atoms with Gasteiger partial charge in [0.2, 0.25) is 0 Å². The summed E-state index contributed by atoms with van der Waals surface area (Å²) in [4.78, 5) is 0. The lowest BCUT2D eigenvalue weighted by atomic mass is 9.76. The molecule has 106 valence electrons. The van der Waals surface area contributed by atoms with Gasteiger partial charge in [0.1, 0.15) is 5.75 Å². The lowest BCUT2D eigenvalue weighted by molar-refractivity contribution is 0.283. The van der Waals surface area contributed by atoms with E-state index in [1.807, 2.05) is 0 Å². The van der Waals surface area contributed by atoms with Crippen LogP contribution in [0.1, 0.15) is 36.0 Å². The van der Waals surface area contributed by atoms with Crippen molar-refractivity contribution in [3.63, 3.8) is 0 Å². The maximum absolute atomic E-state index is 5.97. The third-order valence-corrected chi connectivity index (χ3v) is 4.38. The first-order valence-electron chi connectivity index (χ1n) is 7.15. The van der Waals surface area contributed by atoms with Gasteiger partial charge in [-0.25, -0.2) is 0 Å². The van der Waals surface area contributed by atoms with E-state index in [1.54, 1.807) is 7.11 Å². The van der Waals surface area contributed by atoms with Crippen LogP contribution in [-0.4, -0.2) is 26.2 Å². The normalized spacial score (nSPS) is 27.3. The Labute approximate surface area is 116 Å². The summed E-state index contributed by atoms with van der Waals surface area (Å²) in [5, 5.41) is 3.54. The highest BCUT2D eigenvalue weighted by Crippen LogP contribution is 2.37. The van der Waals surface area contributed by atoms with Crippen molar-refractivity contribution in [1.29, 1.82) is 0 Å². The zero-order valence-electron chi connectivity index (χ0n) is 12.5. The molecule has 1 aliphatic heterocycles. The molecule has 0 saturated carbocycles. The highest BCUT2D eigenvalue weighted by atomic mass is 16.5. The first-order valence-corrected chi connectivity index (χ1v) is 7.15. The number of nitrogens with two attached hydrogens (primary N) is 1. The summed E-state index contributed by atoms with van der Waals surface area (Å²) in [6.45, 7) is 8.40. The molecule has 0 aromatic heterocycles. The second-order valence-corrected chi connectivity index (χ2v) is 5.82. The Balaban J connectivity index is 2.38. The molecule has 0 bridgehead atoms. The predicted octanol–water partition coefficient (Wildman–Crippen LogP) is 2.35. The zero-order valence-corrected chi connectivity index (χ0v) is 12.5. The maximum Gasteiger partial charge on any atom is 0.119 e. The molecule has 1 fully saturated rings. The Morgan fingerprint density at radius 3 is 2.47 bits per heavy atom. The monoisotopic (exact) mass is 262 g/mol. The Morgan fingerprint density at radius 1 is 1.32 bits per heavy atom. The van der Waals surface area contributed by atoms with E-state index in [2.05, 4.69) is 38.2 Å². The minimum atomic E-state index is 0.530. The van der Waals surface area contributed by atoms with Gasteiger partial charge in [-0.3, -0.25) is 0 Å². The minimum Gasteiger partial charge on any atom is -0.497 e. The molecule has 3 nitrogen and oxygen atoms in total. The van der Waals surface area contributed by atoms with Gasteiger partial charge in [0, 0.05) is 6.04 Å². The van der Waals surface area contributed by atoms with Crippen LogP contribution in [-0.2, 0) is 0 Å². The Morgan fingerprint density at radius 2 is 1.95 bits per heavy atom. The van der Waals surface area contributed by atoms with Crippen molar-refractivity contribution in [3.05, 3.63) is 28.8 Å². The summed E-state index contributed by atoms with van der Waals surface area (Å²) in [6.07, 6.45) is 1.16. The molecule has 1 aliphatic rings. The molecular formula is C16H26N2O. The number of methoxy groups -OCH3 is 1. The first-order chi connectivity index (χ1) is 9.06. The van der Waals surface area contributed by atoms with Crippen LogP contribution in [0.15, 0.2) is 12.1 Å². The van der Waals surface area contributed by atoms with Crippen LogP contribution in [0, 0.1) is 19.8 Å². The Bertz CT molecular complexity index is 421. The quantitative estimate of drug-likeness (QED) is 0.879. The highest BCUT2D eigenvalue weighted by molar-refractivity contribution is 5.43. The van der Waals surface area contributed by atoms with Crippen molar-refractivity contribution < 1.29 is 4.74 Å². The summed E-state index contributed by atoms with van der Waals surface area (Å²) in [5.41, 5.74) is 10.1. The number of benzene rings is 1. The van der Waals surface area contributed by atoms with E-state index in [4.69, 9.17) is 10.5 Å². The largest absolute Gasteiger partial charge is 0.497 e. The number of hydrogen-bond donors (Lipinski definition) is 2. The molecule has 1 heterocycles. The molecule has 1 aromatic carbocycles. The molecular weight excluding hydrogens is 236 g/mol.